The number of piperidine rings is 2. The Kier molecular flexibility index (Phi) is 4.22. The summed E-state index contributed by atoms with van der Waals surface area (Å²) in [5, 5.41) is 8.61. The van der Waals surface area contributed by atoms with E-state index in [0.717, 1.165) is 43.9 Å². The summed E-state index contributed by atoms with van der Waals surface area (Å²) in [6.07, 6.45) is 2.69. The van der Waals surface area contributed by atoms with Gasteiger partial charge in [-0.05, 0) is 45.7 Å². The molecule has 2 saturated heterocycles. The van der Waals surface area contributed by atoms with Crippen LogP contribution in [0, 0.1) is 12.8 Å². The van der Waals surface area contributed by atoms with Gasteiger partial charge in [0.25, 0.3) is 0 Å². The Morgan fingerprint density at radius 1 is 1.43 bits per heavy atom. The van der Waals surface area contributed by atoms with Gasteiger partial charge in [0.15, 0.2) is 0 Å². The molecule has 0 aliphatic carbocycles. The van der Waals surface area contributed by atoms with E-state index in [1.54, 1.807) is 0 Å². The van der Waals surface area contributed by atoms with Gasteiger partial charge in [0.2, 0.25) is 5.91 Å². The number of fused-ring (bicyclic) bond motifs is 1. The molecule has 1 aromatic rings. The molecule has 2 aliphatic heterocycles. The Morgan fingerprint density at radius 2 is 2.24 bits per heavy atom. The Bertz CT molecular complexity index is 542. The number of carbonyl (C=O) groups excluding carboxylic acids is 1. The van der Waals surface area contributed by atoms with E-state index in [1.807, 2.05) is 16.5 Å². The molecule has 1 N–H and O–H groups in total. The fourth-order valence-corrected chi connectivity index (χ4v) is 3.83. The van der Waals surface area contributed by atoms with Gasteiger partial charge in [0, 0.05) is 19.0 Å². The maximum absolute atomic E-state index is 12.4. The second-order valence-corrected chi connectivity index (χ2v) is 6.42. The predicted octanol–water partition coefficient (Wildman–Crippen LogP) is 1.97. The van der Waals surface area contributed by atoms with Crippen LogP contribution in [0.3, 0.4) is 0 Å². The lowest BCUT2D eigenvalue weighted by Crippen LogP contribution is -2.54. The highest BCUT2D eigenvalue weighted by molar-refractivity contribution is 6.31. The third-order valence-corrected chi connectivity index (χ3v) is 5.28. The molecule has 0 spiro atoms. The molecule has 5 nitrogen and oxygen atoms in total. The van der Waals surface area contributed by atoms with Gasteiger partial charge in [-0.2, -0.15) is 5.10 Å². The molecule has 2 unspecified atom stereocenters. The van der Waals surface area contributed by atoms with Crippen LogP contribution >= 0.6 is 11.6 Å². The van der Waals surface area contributed by atoms with Gasteiger partial charge in [-0.25, -0.2) is 0 Å². The smallest absolute Gasteiger partial charge is 0.223 e. The van der Waals surface area contributed by atoms with Crippen molar-refractivity contribution < 1.29 is 4.79 Å². The summed E-state index contributed by atoms with van der Waals surface area (Å²) >= 11 is 6.40. The molecule has 2 aliphatic rings. The summed E-state index contributed by atoms with van der Waals surface area (Å²) in [6, 6.07) is 0.351. The van der Waals surface area contributed by atoms with E-state index in [4.69, 9.17) is 11.6 Å². The SMILES string of the molecule is CCn1nc(C)c(Cl)c1CN1C(=O)CCC2CNCCC21. The molecule has 1 aromatic heterocycles. The molecule has 3 heterocycles. The van der Waals surface area contributed by atoms with Crippen molar-refractivity contribution in [2.45, 2.75) is 52.2 Å². The Morgan fingerprint density at radius 3 is 3.00 bits per heavy atom. The Balaban J connectivity index is 1.86. The van der Waals surface area contributed by atoms with Gasteiger partial charge in [-0.15, -0.1) is 0 Å². The molecule has 0 saturated carbocycles. The van der Waals surface area contributed by atoms with Crippen molar-refractivity contribution in [1.82, 2.24) is 20.0 Å². The molecule has 2 atom stereocenters. The summed E-state index contributed by atoms with van der Waals surface area (Å²) in [7, 11) is 0. The number of nitrogens with one attached hydrogen (secondary N) is 1. The zero-order valence-electron chi connectivity index (χ0n) is 12.7. The van der Waals surface area contributed by atoms with Gasteiger partial charge in [-0.3, -0.25) is 9.48 Å². The maximum Gasteiger partial charge on any atom is 0.223 e. The first-order valence-electron chi connectivity index (χ1n) is 7.83. The van der Waals surface area contributed by atoms with E-state index in [9.17, 15) is 4.79 Å². The van der Waals surface area contributed by atoms with Crippen LogP contribution in [0.2, 0.25) is 5.02 Å². The van der Waals surface area contributed by atoms with Crippen LogP contribution in [0.4, 0.5) is 0 Å². The van der Waals surface area contributed by atoms with E-state index in [0.29, 0.717) is 29.9 Å². The zero-order chi connectivity index (χ0) is 15.0. The lowest BCUT2D eigenvalue weighted by atomic mass is 9.84. The highest BCUT2D eigenvalue weighted by atomic mass is 35.5. The molecule has 3 rings (SSSR count). The number of rotatable bonds is 3. The van der Waals surface area contributed by atoms with Gasteiger partial charge < -0.3 is 10.2 Å². The minimum atomic E-state index is 0.260. The average molecular weight is 311 g/mol. The van der Waals surface area contributed by atoms with Crippen LogP contribution < -0.4 is 5.32 Å². The number of hydrogen-bond acceptors (Lipinski definition) is 3. The van der Waals surface area contributed by atoms with E-state index in [2.05, 4.69) is 17.3 Å². The van der Waals surface area contributed by atoms with Crippen LogP contribution in [-0.2, 0) is 17.9 Å². The first kappa shape index (κ1) is 14.9. The van der Waals surface area contributed by atoms with Crippen LogP contribution in [0.1, 0.15) is 37.6 Å². The minimum Gasteiger partial charge on any atom is -0.333 e. The zero-order valence-corrected chi connectivity index (χ0v) is 13.5. The highest BCUT2D eigenvalue weighted by Crippen LogP contribution is 2.31. The molecule has 0 radical (unpaired) electrons. The number of nitrogens with zero attached hydrogens (tertiary/aromatic N) is 3. The number of aryl methyl sites for hydroxylation is 2. The Hall–Kier alpha value is -1.07. The molecule has 2 fully saturated rings. The number of carbonyl (C=O) groups is 1. The number of amides is 1. The first-order valence-corrected chi connectivity index (χ1v) is 8.21. The monoisotopic (exact) mass is 310 g/mol. The third-order valence-electron chi connectivity index (χ3n) is 4.79. The van der Waals surface area contributed by atoms with E-state index in [1.165, 1.54) is 0 Å². The molecular weight excluding hydrogens is 288 g/mol. The van der Waals surface area contributed by atoms with E-state index in [-0.39, 0.29) is 5.91 Å². The van der Waals surface area contributed by atoms with Crippen LogP contribution in [-0.4, -0.2) is 39.7 Å². The summed E-state index contributed by atoms with van der Waals surface area (Å²) in [6.45, 7) is 7.36. The van der Waals surface area contributed by atoms with Gasteiger partial charge >= 0.3 is 0 Å². The molecule has 1 amide bonds. The Labute approximate surface area is 130 Å². The topological polar surface area (TPSA) is 50.2 Å². The van der Waals surface area contributed by atoms with Gasteiger partial charge in [0.05, 0.1) is 23.0 Å². The normalized spacial score (nSPS) is 26.0. The van der Waals surface area contributed by atoms with Crippen molar-refractivity contribution >= 4 is 17.5 Å². The van der Waals surface area contributed by atoms with E-state index < -0.39 is 0 Å². The lowest BCUT2D eigenvalue weighted by molar-refractivity contribution is -0.140. The summed E-state index contributed by atoms with van der Waals surface area (Å²) in [5.74, 6) is 0.838. The molecule has 6 heteroatoms. The van der Waals surface area contributed by atoms with Crippen LogP contribution in [0.15, 0.2) is 0 Å². The largest absolute Gasteiger partial charge is 0.333 e. The van der Waals surface area contributed by atoms with Gasteiger partial charge in [-0.1, -0.05) is 11.6 Å². The summed E-state index contributed by atoms with van der Waals surface area (Å²) < 4.78 is 1.93. The number of aromatic nitrogens is 2. The van der Waals surface area contributed by atoms with Crippen molar-refractivity contribution in [2.24, 2.45) is 5.92 Å². The summed E-state index contributed by atoms with van der Waals surface area (Å²) in [4.78, 5) is 14.4. The number of likely N-dealkylation sites (tertiary alicyclic amines) is 1. The second-order valence-electron chi connectivity index (χ2n) is 6.04. The standard InChI is InChI=1S/C15H23ClN4O/c1-3-20-13(15(16)10(2)18-20)9-19-12-6-7-17-8-11(12)4-5-14(19)21/h11-12,17H,3-9H2,1-2H3. The van der Waals surface area contributed by atoms with Crippen molar-refractivity contribution in [1.29, 1.82) is 0 Å². The van der Waals surface area contributed by atoms with Crippen molar-refractivity contribution in [2.75, 3.05) is 13.1 Å². The second kappa shape index (κ2) is 5.97. The molecule has 21 heavy (non-hydrogen) atoms. The average Bonchev–Trinajstić information content (AvgIpc) is 2.77. The summed E-state index contributed by atoms with van der Waals surface area (Å²) in [5.41, 5.74) is 1.82. The molecule has 116 valence electrons. The van der Waals surface area contributed by atoms with Crippen LogP contribution in [0.25, 0.3) is 0 Å². The number of hydrogen-bond donors (Lipinski definition) is 1. The third kappa shape index (κ3) is 2.69. The van der Waals surface area contributed by atoms with Crippen molar-refractivity contribution in [3.05, 3.63) is 16.4 Å². The minimum absolute atomic E-state index is 0.260. The van der Waals surface area contributed by atoms with Crippen molar-refractivity contribution in [3.8, 4) is 0 Å². The van der Waals surface area contributed by atoms with E-state index >= 15 is 0 Å². The molecular formula is C15H23ClN4O. The number of halogens is 1. The predicted molar refractivity (Wildman–Crippen MR) is 82.2 cm³/mol. The highest BCUT2D eigenvalue weighted by Gasteiger charge is 2.37. The van der Waals surface area contributed by atoms with Gasteiger partial charge in [0.1, 0.15) is 0 Å². The first-order chi connectivity index (χ1) is 10.1. The van der Waals surface area contributed by atoms with Crippen molar-refractivity contribution in [3.63, 3.8) is 0 Å². The molecule has 0 aromatic carbocycles. The van der Waals surface area contributed by atoms with Crippen LogP contribution in [0.5, 0.6) is 0 Å². The molecule has 0 bridgehead atoms. The fourth-order valence-electron chi connectivity index (χ4n) is 3.64. The lowest BCUT2D eigenvalue weighted by Gasteiger charge is -2.44. The quantitative estimate of drug-likeness (QED) is 0.928. The maximum atomic E-state index is 12.4. The fraction of sp³-hybridized carbons (Fsp3) is 0.733.